The van der Waals surface area contributed by atoms with Gasteiger partial charge in [-0.25, -0.2) is 0 Å². The summed E-state index contributed by atoms with van der Waals surface area (Å²) >= 11 is 0. The van der Waals surface area contributed by atoms with Gasteiger partial charge >= 0.3 is 0 Å². The van der Waals surface area contributed by atoms with Crippen molar-refractivity contribution in [2.45, 2.75) is 32.2 Å². The molecule has 0 aliphatic heterocycles. The van der Waals surface area contributed by atoms with Crippen LogP contribution in [0.3, 0.4) is 0 Å². The molecule has 0 saturated heterocycles. The summed E-state index contributed by atoms with van der Waals surface area (Å²) < 4.78 is 0. The normalized spacial score (nSPS) is 36.4. The number of amides is 1. The smallest absolute Gasteiger partial charge is 0.227 e. The second-order valence-electron chi connectivity index (χ2n) is 5.10. The predicted octanol–water partition coefficient (Wildman–Crippen LogP) is 1.39. The molecule has 0 radical (unpaired) electrons. The summed E-state index contributed by atoms with van der Waals surface area (Å²) in [6.45, 7) is 7.12. The van der Waals surface area contributed by atoms with E-state index >= 15 is 0 Å². The summed E-state index contributed by atoms with van der Waals surface area (Å²) in [6.07, 6.45) is 5.38. The zero-order valence-electron chi connectivity index (χ0n) is 10.1. The standard InChI is InChI=1S/C13H22N2O/c1-3-7-15(4-2)13(16)11-9-5-6-10(8-9)12(11)14/h3,9-12H,1,4-8,14H2,2H3. The Morgan fingerprint density at radius 2 is 2.19 bits per heavy atom. The van der Waals surface area contributed by atoms with Crippen LogP contribution in [0.5, 0.6) is 0 Å². The van der Waals surface area contributed by atoms with Gasteiger partial charge in [-0.2, -0.15) is 0 Å². The first-order chi connectivity index (χ1) is 7.69. The minimum atomic E-state index is 0.0821. The third-order valence-electron chi connectivity index (χ3n) is 4.31. The lowest BCUT2D eigenvalue weighted by atomic mass is 9.84. The predicted molar refractivity (Wildman–Crippen MR) is 64.7 cm³/mol. The summed E-state index contributed by atoms with van der Waals surface area (Å²) in [6, 6.07) is 0.102. The molecule has 3 nitrogen and oxygen atoms in total. The van der Waals surface area contributed by atoms with E-state index in [0.717, 1.165) is 6.54 Å². The fourth-order valence-corrected chi connectivity index (χ4v) is 3.44. The molecule has 0 aromatic rings. The van der Waals surface area contributed by atoms with Gasteiger partial charge in [0.2, 0.25) is 5.91 Å². The molecule has 0 aromatic carbocycles. The molecule has 2 saturated carbocycles. The van der Waals surface area contributed by atoms with E-state index < -0.39 is 0 Å². The minimum Gasteiger partial charge on any atom is -0.339 e. The van der Waals surface area contributed by atoms with Crippen molar-refractivity contribution in [2.24, 2.45) is 23.5 Å². The summed E-state index contributed by atoms with van der Waals surface area (Å²) in [7, 11) is 0. The molecule has 2 aliphatic carbocycles. The Kier molecular flexibility index (Phi) is 3.33. The summed E-state index contributed by atoms with van der Waals surface area (Å²) in [5.74, 6) is 1.48. The highest BCUT2D eigenvalue weighted by molar-refractivity contribution is 5.80. The summed E-state index contributed by atoms with van der Waals surface area (Å²) in [5.41, 5.74) is 6.18. The van der Waals surface area contributed by atoms with Gasteiger partial charge in [0.15, 0.2) is 0 Å². The van der Waals surface area contributed by atoms with Crippen LogP contribution >= 0.6 is 0 Å². The van der Waals surface area contributed by atoms with Crippen molar-refractivity contribution in [2.75, 3.05) is 13.1 Å². The molecule has 16 heavy (non-hydrogen) atoms. The van der Waals surface area contributed by atoms with Gasteiger partial charge in [0, 0.05) is 19.1 Å². The average molecular weight is 222 g/mol. The van der Waals surface area contributed by atoms with Crippen LogP contribution in [0.4, 0.5) is 0 Å². The van der Waals surface area contributed by atoms with Crippen molar-refractivity contribution in [3.05, 3.63) is 12.7 Å². The number of carbonyl (C=O) groups is 1. The molecule has 4 atom stereocenters. The van der Waals surface area contributed by atoms with Gasteiger partial charge in [-0.3, -0.25) is 4.79 Å². The van der Waals surface area contributed by atoms with Crippen LogP contribution in [0.25, 0.3) is 0 Å². The van der Waals surface area contributed by atoms with E-state index in [9.17, 15) is 4.79 Å². The number of hydrogen-bond acceptors (Lipinski definition) is 2. The number of rotatable bonds is 4. The maximum absolute atomic E-state index is 12.4. The average Bonchev–Trinajstić information content (AvgIpc) is 2.85. The number of carbonyl (C=O) groups excluding carboxylic acids is 1. The first-order valence-corrected chi connectivity index (χ1v) is 6.34. The van der Waals surface area contributed by atoms with E-state index in [1.807, 2.05) is 11.8 Å². The lowest BCUT2D eigenvalue weighted by Gasteiger charge is -2.31. The highest BCUT2D eigenvalue weighted by Crippen LogP contribution is 2.48. The van der Waals surface area contributed by atoms with Gasteiger partial charge in [0.25, 0.3) is 0 Å². The molecule has 0 aromatic heterocycles. The number of likely N-dealkylation sites (N-methyl/N-ethyl adjacent to an activating group) is 1. The van der Waals surface area contributed by atoms with Crippen LogP contribution in [-0.2, 0) is 4.79 Å². The second-order valence-corrected chi connectivity index (χ2v) is 5.10. The first kappa shape index (κ1) is 11.6. The van der Waals surface area contributed by atoms with Crippen LogP contribution in [0.2, 0.25) is 0 Å². The van der Waals surface area contributed by atoms with Crippen LogP contribution in [0.15, 0.2) is 12.7 Å². The molecule has 1 amide bonds. The van der Waals surface area contributed by atoms with E-state index in [1.165, 1.54) is 19.3 Å². The Hall–Kier alpha value is -0.830. The van der Waals surface area contributed by atoms with E-state index in [4.69, 9.17) is 5.73 Å². The Labute approximate surface area is 97.7 Å². The molecule has 0 spiro atoms. The Bertz CT molecular complexity index is 288. The van der Waals surface area contributed by atoms with Gasteiger partial charge in [-0.1, -0.05) is 6.08 Å². The quantitative estimate of drug-likeness (QED) is 0.731. The van der Waals surface area contributed by atoms with Gasteiger partial charge in [-0.05, 0) is 38.0 Å². The number of nitrogens with zero attached hydrogens (tertiary/aromatic N) is 1. The lowest BCUT2D eigenvalue weighted by molar-refractivity contribution is -0.137. The van der Waals surface area contributed by atoms with E-state index in [-0.39, 0.29) is 17.9 Å². The minimum absolute atomic E-state index is 0.0821. The van der Waals surface area contributed by atoms with Crippen molar-refractivity contribution in [3.63, 3.8) is 0 Å². The number of fused-ring (bicyclic) bond motifs is 2. The van der Waals surface area contributed by atoms with Crippen LogP contribution in [0.1, 0.15) is 26.2 Å². The molecule has 2 N–H and O–H groups in total. The highest BCUT2D eigenvalue weighted by Gasteiger charge is 2.49. The maximum Gasteiger partial charge on any atom is 0.227 e. The SMILES string of the molecule is C=CCN(CC)C(=O)C1C2CCC(C2)C1N. The molecule has 2 aliphatic rings. The molecule has 2 fully saturated rings. The fourth-order valence-electron chi connectivity index (χ4n) is 3.44. The number of hydrogen-bond donors (Lipinski definition) is 1. The van der Waals surface area contributed by atoms with Gasteiger partial charge < -0.3 is 10.6 Å². The third-order valence-corrected chi connectivity index (χ3v) is 4.31. The molecular weight excluding hydrogens is 200 g/mol. The van der Waals surface area contributed by atoms with Gasteiger partial charge in [0.05, 0.1) is 5.92 Å². The largest absolute Gasteiger partial charge is 0.339 e. The van der Waals surface area contributed by atoms with Gasteiger partial charge in [-0.15, -0.1) is 6.58 Å². The Morgan fingerprint density at radius 1 is 1.50 bits per heavy atom. The van der Waals surface area contributed by atoms with Crippen molar-refractivity contribution in [1.82, 2.24) is 4.90 Å². The molecule has 90 valence electrons. The van der Waals surface area contributed by atoms with Crippen molar-refractivity contribution < 1.29 is 4.79 Å². The van der Waals surface area contributed by atoms with E-state index in [2.05, 4.69) is 6.58 Å². The lowest BCUT2D eigenvalue weighted by Crippen LogP contribution is -2.47. The maximum atomic E-state index is 12.4. The van der Waals surface area contributed by atoms with Crippen LogP contribution in [-0.4, -0.2) is 29.9 Å². The third kappa shape index (κ3) is 1.77. The molecule has 2 bridgehead atoms. The number of nitrogens with two attached hydrogens (primary N) is 1. The molecule has 3 heteroatoms. The van der Waals surface area contributed by atoms with Crippen LogP contribution < -0.4 is 5.73 Å². The Morgan fingerprint density at radius 3 is 2.69 bits per heavy atom. The van der Waals surface area contributed by atoms with Crippen LogP contribution in [0, 0.1) is 17.8 Å². The zero-order valence-corrected chi connectivity index (χ0v) is 10.1. The summed E-state index contributed by atoms with van der Waals surface area (Å²) in [5, 5.41) is 0. The van der Waals surface area contributed by atoms with Crippen molar-refractivity contribution in [1.29, 1.82) is 0 Å². The molecule has 2 rings (SSSR count). The molecule has 4 unspecified atom stereocenters. The monoisotopic (exact) mass is 222 g/mol. The zero-order chi connectivity index (χ0) is 11.7. The second kappa shape index (κ2) is 4.58. The van der Waals surface area contributed by atoms with Gasteiger partial charge in [0.1, 0.15) is 0 Å². The summed E-state index contributed by atoms with van der Waals surface area (Å²) in [4.78, 5) is 14.2. The highest BCUT2D eigenvalue weighted by atomic mass is 16.2. The first-order valence-electron chi connectivity index (χ1n) is 6.34. The van der Waals surface area contributed by atoms with Crippen molar-refractivity contribution in [3.8, 4) is 0 Å². The van der Waals surface area contributed by atoms with E-state index in [1.54, 1.807) is 6.08 Å². The Balaban J connectivity index is 2.06. The molecular formula is C13H22N2O. The van der Waals surface area contributed by atoms with Crippen molar-refractivity contribution >= 4 is 5.91 Å². The fraction of sp³-hybridized carbons (Fsp3) is 0.769. The van der Waals surface area contributed by atoms with E-state index in [0.29, 0.717) is 18.4 Å². The molecule has 0 heterocycles. The topological polar surface area (TPSA) is 46.3 Å².